The molecule has 0 aromatic rings. The van der Waals surface area contributed by atoms with E-state index in [1.807, 2.05) is 28.1 Å². The first kappa shape index (κ1) is 15.5. The molecule has 0 aliphatic rings. The Bertz CT molecular complexity index is 154. The molecule has 13 heavy (non-hydrogen) atoms. The molecule has 0 saturated carbocycles. The molecule has 0 aliphatic heterocycles. The second kappa shape index (κ2) is 6.51. The molecule has 0 aliphatic carbocycles. The summed E-state index contributed by atoms with van der Waals surface area (Å²) in [5.41, 5.74) is 0. The van der Waals surface area contributed by atoms with Crippen molar-refractivity contribution in [3.8, 4) is 0 Å². The number of nitrogens with zero attached hydrogens (tertiary/aromatic N) is 1. The van der Waals surface area contributed by atoms with Crippen LogP contribution in [0.4, 0.5) is 0 Å². The monoisotopic (exact) mass is 253 g/mol. The van der Waals surface area contributed by atoms with E-state index in [0.717, 1.165) is 6.42 Å². The highest BCUT2D eigenvalue weighted by Crippen LogP contribution is 2.00. The number of rotatable bonds is 5. The lowest BCUT2D eigenvalue weighted by Crippen LogP contribution is -3.00. The van der Waals surface area contributed by atoms with Gasteiger partial charge in [0.2, 0.25) is 0 Å². The van der Waals surface area contributed by atoms with Gasteiger partial charge in [0.1, 0.15) is 6.54 Å². The number of quaternary nitrogens is 1. The van der Waals surface area contributed by atoms with Crippen LogP contribution in [0, 0.1) is 0 Å². The fourth-order valence-electron chi connectivity index (χ4n) is 1.03. The predicted octanol–water partition coefficient (Wildman–Crippen LogP) is -2.57. The van der Waals surface area contributed by atoms with Gasteiger partial charge in [0.05, 0.1) is 21.1 Å². The largest absolute Gasteiger partial charge is 1.00 e. The van der Waals surface area contributed by atoms with Gasteiger partial charge in [0.25, 0.3) is 0 Å². The van der Waals surface area contributed by atoms with Crippen molar-refractivity contribution in [3.05, 3.63) is 0 Å². The van der Waals surface area contributed by atoms with Crippen molar-refractivity contribution in [1.82, 2.24) is 0 Å². The van der Waals surface area contributed by atoms with E-state index in [2.05, 4.69) is 0 Å². The molecule has 3 nitrogen and oxygen atoms in total. The van der Waals surface area contributed by atoms with Crippen LogP contribution >= 0.6 is 0 Å². The van der Waals surface area contributed by atoms with Crippen molar-refractivity contribution in [2.75, 3.05) is 27.7 Å². The van der Waals surface area contributed by atoms with Gasteiger partial charge < -0.3 is 26.6 Å². The van der Waals surface area contributed by atoms with Gasteiger partial charge >= 0.3 is 0 Å². The molecule has 1 N–H and O–H groups in total. The molecule has 0 radical (unpaired) electrons. The van der Waals surface area contributed by atoms with E-state index in [-0.39, 0.29) is 22.8 Å². The maximum atomic E-state index is 11.2. The van der Waals surface area contributed by atoms with Crippen LogP contribution in [-0.4, -0.2) is 49.2 Å². The summed E-state index contributed by atoms with van der Waals surface area (Å²) in [5.74, 6) is -0.0365. The van der Waals surface area contributed by atoms with Crippen LogP contribution in [0.3, 0.4) is 0 Å². The number of Topliss-reactive ketones (excluding diaryl/α,β-unsaturated/α-hetero) is 1. The standard InChI is InChI=1S/C9H20NO2.BrH/c1-5-6-8(11)9(12)7-10(2,3)4;/h9,12H,5-7H2,1-4H3;1H/q+1;/p-1. The number of carbonyl (C=O) groups is 1. The van der Waals surface area contributed by atoms with Crippen molar-refractivity contribution in [3.63, 3.8) is 0 Å². The Morgan fingerprint density at radius 2 is 1.85 bits per heavy atom. The molecule has 0 aromatic heterocycles. The van der Waals surface area contributed by atoms with Crippen molar-refractivity contribution >= 4 is 5.78 Å². The van der Waals surface area contributed by atoms with Gasteiger partial charge in [-0.2, -0.15) is 0 Å². The van der Waals surface area contributed by atoms with Crippen molar-refractivity contribution in [2.24, 2.45) is 0 Å². The lowest BCUT2D eigenvalue weighted by Gasteiger charge is -2.26. The summed E-state index contributed by atoms with van der Waals surface area (Å²) in [4.78, 5) is 11.2. The first-order valence-corrected chi connectivity index (χ1v) is 4.38. The Morgan fingerprint density at radius 1 is 1.38 bits per heavy atom. The van der Waals surface area contributed by atoms with E-state index in [9.17, 15) is 9.90 Å². The van der Waals surface area contributed by atoms with Gasteiger partial charge in [-0.25, -0.2) is 0 Å². The number of likely N-dealkylation sites (N-methyl/N-ethyl adjacent to an activating group) is 1. The van der Waals surface area contributed by atoms with E-state index in [4.69, 9.17) is 0 Å². The van der Waals surface area contributed by atoms with Crippen LogP contribution in [-0.2, 0) is 4.79 Å². The maximum absolute atomic E-state index is 11.2. The zero-order valence-electron chi connectivity index (χ0n) is 8.88. The average Bonchev–Trinajstić information content (AvgIpc) is 1.84. The Labute approximate surface area is 91.1 Å². The molecular weight excluding hydrogens is 234 g/mol. The third-order valence-corrected chi connectivity index (χ3v) is 1.59. The summed E-state index contributed by atoms with van der Waals surface area (Å²) < 4.78 is 0.622. The van der Waals surface area contributed by atoms with Gasteiger partial charge in [0, 0.05) is 6.42 Å². The number of hydrogen-bond acceptors (Lipinski definition) is 2. The zero-order valence-corrected chi connectivity index (χ0v) is 10.5. The third-order valence-electron chi connectivity index (χ3n) is 1.59. The minimum atomic E-state index is -0.787. The molecule has 0 rings (SSSR count). The van der Waals surface area contributed by atoms with Gasteiger partial charge in [-0.15, -0.1) is 0 Å². The molecule has 0 bridgehead atoms. The van der Waals surface area contributed by atoms with Crippen molar-refractivity contribution in [1.29, 1.82) is 0 Å². The number of ketones is 1. The highest BCUT2D eigenvalue weighted by atomic mass is 79.9. The molecule has 0 heterocycles. The third kappa shape index (κ3) is 8.40. The van der Waals surface area contributed by atoms with E-state index in [1.54, 1.807) is 0 Å². The van der Waals surface area contributed by atoms with Gasteiger partial charge in [-0.3, -0.25) is 4.79 Å². The Kier molecular flexibility index (Phi) is 7.78. The van der Waals surface area contributed by atoms with E-state index < -0.39 is 6.10 Å². The average molecular weight is 254 g/mol. The van der Waals surface area contributed by atoms with Crippen LogP contribution in [0.15, 0.2) is 0 Å². The normalized spacial score (nSPS) is 13.3. The molecule has 0 amide bonds. The molecular formula is C9H20BrNO2. The molecule has 0 fully saturated rings. The first-order valence-electron chi connectivity index (χ1n) is 4.38. The quantitative estimate of drug-likeness (QED) is 0.547. The van der Waals surface area contributed by atoms with Crippen LogP contribution in [0.2, 0.25) is 0 Å². The van der Waals surface area contributed by atoms with E-state index in [0.29, 0.717) is 17.4 Å². The van der Waals surface area contributed by atoms with Gasteiger partial charge in [-0.05, 0) is 6.42 Å². The van der Waals surface area contributed by atoms with Gasteiger partial charge in [0.15, 0.2) is 11.9 Å². The van der Waals surface area contributed by atoms with E-state index in [1.165, 1.54) is 0 Å². The van der Waals surface area contributed by atoms with Crippen LogP contribution in [0.5, 0.6) is 0 Å². The summed E-state index contributed by atoms with van der Waals surface area (Å²) in [5, 5.41) is 9.42. The molecule has 80 valence electrons. The zero-order chi connectivity index (χ0) is 9.78. The number of aliphatic hydroxyl groups excluding tert-OH is 1. The van der Waals surface area contributed by atoms with Gasteiger partial charge in [-0.1, -0.05) is 6.92 Å². The minimum Gasteiger partial charge on any atom is -1.00 e. The van der Waals surface area contributed by atoms with E-state index >= 15 is 0 Å². The SMILES string of the molecule is CCCC(=O)C(O)C[N+](C)(C)C.[Br-]. The van der Waals surface area contributed by atoms with Crippen LogP contribution in [0.25, 0.3) is 0 Å². The number of carbonyl (C=O) groups excluding carboxylic acids is 1. The molecule has 1 atom stereocenters. The highest BCUT2D eigenvalue weighted by Gasteiger charge is 2.21. The molecule has 0 aromatic carbocycles. The fourth-order valence-corrected chi connectivity index (χ4v) is 1.03. The van der Waals surface area contributed by atoms with Crippen molar-refractivity contribution < 1.29 is 31.4 Å². The minimum absolute atomic E-state index is 0. The lowest BCUT2D eigenvalue weighted by atomic mass is 10.1. The Morgan fingerprint density at radius 3 is 2.15 bits per heavy atom. The molecule has 4 heteroatoms. The summed E-state index contributed by atoms with van der Waals surface area (Å²) >= 11 is 0. The molecule has 1 unspecified atom stereocenters. The summed E-state index contributed by atoms with van der Waals surface area (Å²) in [6.07, 6.45) is 0.513. The topological polar surface area (TPSA) is 37.3 Å². The molecule has 0 saturated heterocycles. The number of halogens is 1. The number of hydrogen-bond donors (Lipinski definition) is 1. The summed E-state index contributed by atoms with van der Waals surface area (Å²) in [6, 6.07) is 0. The maximum Gasteiger partial charge on any atom is 0.167 e. The second-order valence-corrected chi connectivity index (χ2v) is 4.21. The number of aliphatic hydroxyl groups is 1. The molecule has 0 spiro atoms. The lowest BCUT2D eigenvalue weighted by molar-refractivity contribution is -0.872. The smallest absolute Gasteiger partial charge is 0.167 e. The Balaban J connectivity index is 0. The Hall–Kier alpha value is 0.0700. The highest BCUT2D eigenvalue weighted by molar-refractivity contribution is 5.82. The fraction of sp³-hybridized carbons (Fsp3) is 0.889. The van der Waals surface area contributed by atoms with Crippen molar-refractivity contribution in [2.45, 2.75) is 25.9 Å². The summed E-state index contributed by atoms with van der Waals surface area (Å²) in [6.45, 7) is 2.44. The van der Waals surface area contributed by atoms with Crippen LogP contribution in [0.1, 0.15) is 19.8 Å². The van der Waals surface area contributed by atoms with Crippen LogP contribution < -0.4 is 17.0 Å². The second-order valence-electron chi connectivity index (χ2n) is 4.21. The first-order chi connectivity index (χ1) is 5.37. The predicted molar refractivity (Wildman–Crippen MR) is 48.8 cm³/mol. The summed E-state index contributed by atoms with van der Waals surface area (Å²) in [7, 11) is 5.88.